The van der Waals surface area contributed by atoms with Gasteiger partial charge in [0.15, 0.2) is 0 Å². The lowest BCUT2D eigenvalue weighted by Gasteiger charge is -2.03. The van der Waals surface area contributed by atoms with Gasteiger partial charge in [-0.1, -0.05) is 42.5 Å². The molecule has 0 bridgehead atoms. The highest BCUT2D eigenvalue weighted by Gasteiger charge is 2.11. The molecule has 0 saturated heterocycles. The molecule has 5 rings (SSSR count). The van der Waals surface area contributed by atoms with Crippen LogP contribution in [0.25, 0.3) is 38.4 Å². The number of aromatic nitrogens is 1. The summed E-state index contributed by atoms with van der Waals surface area (Å²) in [5.74, 6) is 0. The maximum atomic E-state index is 12.9. The first kappa shape index (κ1) is 11.6. The van der Waals surface area contributed by atoms with E-state index in [1.54, 1.807) is 4.40 Å². The minimum Gasteiger partial charge on any atom is -0.439 e. The van der Waals surface area contributed by atoms with Crippen LogP contribution in [0.2, 0.25) is 0 Å². The largest absolute Gasteiger partial charge is 0.439 e. The molecule has 0 atom stereocenters. The Hall–Kier alpha value is -3.07. The molecular weight excluding hydrogens is 274 g/mol. The van der Waals surface area contributed by atoms with Crippen LogP contribution >= 0.6 is 0 Å². The number of para-hydroxylation sites is 1. The highest BCUT2D eigenvalue weighted by atomic mass is 16.3. The van der Waals surface area contributed by atoms with Crippen LogP contribution in [0.4, 0.5) is 0 Å². The van der Waals surface area contributed by atoms with Crippen LogP contribution in [0.5, 0.6) is 0 Å². The van der Waals surface area contributed by atoms with Gasteiger partial charge in [-0.15, -0.1) is 0 Å². The molecule has 3 nitrogen and oxygen atoms in total. The van der Waals surface area contributed by atoms with Gasteiger partial charge in [0, 0.05) is 11.5 Å². The van der Waals surface area contributed by atoms with E-state index in [9.17, 15) is 4.79 Å². The zero-order valence-electron chi connectivity index (χ0n) is 11.6. The van der Waals surface area contributed by atoms with Crippen molar-refractivity contribution in [2.45, 2.75) is 0 Å². The average molecular weight is 285 g/mol. The van der Waals surface area contributed by atoms with Gasteiger partial charge in [-0.3, -0.25) is 4.79 Å². The third-order valence-electron chi connectivity index (χ3n) is 4.17. The van der Waals surface area contributed by atoms with Gasteiger partial charge >= 0.3 is 0 Å². The second-order valence-electron chi connectivity index (χ2n) is 5.48. The molecule has 0 aliphatic heterocycles. The lowest BCUT2D eigenvalue weighted by molar-refractivity contribution is 0.631. The summed E-state index contributed by atoms with van der Waals surface area (Å²) in [5.41, 5.74) is 2.04. The SMILES string of the molecule is O=c1c2cc3ccccc3cc2oc2cc3ccccc3n12. The number of fused-ring (bicyclic) bond motifs is 5. The standard InChI is InChI=1S/C19H11NO2/c21-19-15-9-12-5-1-2-6-13(12)10-17(15)22-18-11-14-7-3-4-8-16(14)20(18)19/h1-11H. The highest BCUT2D eigenvalue weighted by Crippen LogP contribution is 2.25. The summed E-state index contributed by atoms with van der Waals surface area (Å²) >= 11 is 0. The molecule has 2 aromatic heterocycles. The Kier molecular flexibility index (Phi) is 2.09. The molecule has 3 heteroatoms. The van der Waals surface area contributed by atoms with Gasteiger partial charge in [0.25, 0.3) is 5.56 Å². The van der Waals surface area contributed by atoms with E-state index >= 15 is 0 Å². The van der Waals surface area contributed by atoms with Crippen molar-refractivity contribution in [3.8, 4) is 0 Å². The van der Waals surface area contributed by atoms with Crippen LogP contribution in [0.3, 0.4) is 0 Å². The second-order valence-corrected chi connectivity index (χ2v) is 5.48. The third-order valence-corrected chi connectivity index (χ3v) is 4.17. The summed E-state index contributed by atoms with van der Waals surface area (Å²) in [5, 5.41) is 3.72. The van der Waals surface area contributed by atoms with Gasteiger partial charge in [-0.05, 0) is 29.0 Å². The van der Waals surface area contributed by atoms with Crippen LogP contribution in [0.15, 0.2) is 75.9 Å². The van der Waals surface area contributed by atoms with Crippen molar-refractivity contribution in [2.75, 3.05) is 0 Å². The number of hydrogen-bond acceptors (Lipinski definition) is 2. The fourth-order valence-electron chi connectivity index (χ4n) is 3.12. The Morgan fingerprint density at radius 2 is 1.45 bits per heavy atom. The maximum Gasteiger partial charge on any atom is 0.269 e. The molecule has 0 radical (unpaired) electrons. The summed E-state index contributed by atoms with van der Waals surface area (Å²) in [4.78, 5) is 12.9. The maximum absolute atomic E-state index is 12.9. The molecule has 104 valence electrons. The van der Waals surface area contributed by atoms with E-state index in [1.165, 1.54) is 0 Å². The Morgan fingerprint density at radius 3 is 2.27 bits per heavy atom. The zero-order chi connectivity index (χ0) is 14.7. The van der Waals surface area contributed by atoms with Crippen LogP contribution in [-0.2, 0) is 0 Å². The lowest BCUT2D eigenvalue weighted by Crippen LogP contribution is -2.12. The van der Waals surface area contributed by atoms with Gasteiger partial charge in [0.1, 0.15) is 5.58 Å². The van der Waals surface area contributed by atoms with E-state index < -0.39 is 0 Å². The van der Waals surface area contributed by atoms with E-state index in [2.05, 4.69) is 0 Å². The number of rotatable bonds is 0. The van der Waals surface area contributed by atoms with Crippen molar-refractivity contribution in [3.05, 3.63) is 77.1 Å². The van der Waals surface area contributed by atoms with Gasteiger partial charge < -0.3 is 4.42 Å². The summed E-state index contributed by atoms with van der Waals surface area (Å²) in [7, 11) is 0. The molecule has 22 heavy (non-hydrogen) atoms. The molecule has 3 aromatic carbocycles. The molecule has 0 unspecified atom stereocenters. The predicted molar refractivity (Wildman–Crippen MR) is 88.5 cm³/mol. The first-order valence-electron chi connectivity index (χ1n) is 7.17. The van der Waals surface area contributed by atoms with Gasteiger partial charge in [-0.2, -0.15) is 0 Å². The molecule has 0 aliphatic carbocycles. The first-order chi connectivity index (χ1) is 10.8. The molecule has 0 aliphatic rings. The van der Waals surface area contributed by atoms with E-state index in [-0.39, 0.29) is 5.56 Å². The van der Waals surface area contributed by atoms with Gasteiger partial charge in [0.05, 0.1) is 10.9 Å². The fourth-order valence-corrected chi connectivity index (χ4v) is 3.12. The van der Waals surface area contributed by atoms with Crippen LogP contribution < -0.4 is 5.56 Å². The second kappa shape index (κ2) is 3.98. The van der Waals surface area contributed by atoms with E-state index in [1.807, 2.05) is 66.7 Å². The molecule has 0 N–H and O–H groups in total. The summed E-state index contributed by atoms with van der Waals surface area (Å²) in [6.45, 7) is 0. The Balaban J connectivity index is 2.07. The predicted octanol–water partition coefficient (Wildman–Crippen LogP) is 4.35. The first-order valence-corrected chi connectivity index (χ1v) is 7.17. The Morgan fingerprint density at radius 1 is 0.773 bits per heavy atom. The topological polar surface area (TPSA) is 34.6 Å². The van der Waals surface area contributed by atoms with E-state index in [0.29, 0.717) is 16.7 Å². The minimum absolute atomic E-state index is 0.0387. The van der Waals surface area contributed by atoms with Crippen molar-refractivity contribution >= 4 is 38.4 Å². The highest BCUT2D eigenvalue weighted by molar-refractivity contribution is 5.96. The summed E-state index contributed by atoms with van der Waals surface area (Å²) in [6, 6.07) is 21.5. The molecule has 0 saturated carbocycles. The Labute approximate surface area is 125 Å². The summed E-state index contributed by atoms with van der Waals surface area (Å²) in [6.07, 6.45) is 0. The number of nitrogens with zero attached hydrogens (tertiary/aromatic N) is 1. The minimum atomic E-state index is -0.0387. The molecule has 2 heterocycles. The molecule has 0 spiro atoms. The summed E-state index contributed by atoms with van der Waals surface area (Å²) < 4.78 is 7.63. The monoisotopic (exact) mass is 285 g/mol. The van der Waals surface area contributed by atoms with Gasteiger partial charge in [0.2, 0.25) is 5.71 Å². The fraction of sp³-hybridized carbons (Fsp3) is 0. The van der Waals surface area contributed by atoms with E-state index in [0.717, 1.165) is 21.7 Å². The Bertz CT molecular complexity index is 1240. The van der Waals surface area contributed by atoms with Crippen LogP contribution in [-0.4, -0.2) is 4.40 Å². The van der Waals surface area contributed by atoms with Crippen molar-refractivity contribution < 1.29 is 4.42 Å². The quantitative estimate of drug-likeness (QED) is 0.396. The third kappa shape index (κ3) is 1.42. The van der Waals surface area contributed by atoms with Crippen LogP contribution in [0, 0.1) is 0 Å². The van der Waals surface area contributed by atoms with Crippen LogP contribution in [0.1, 0.15) is 0 Å². The van der Waals surface area contributed by atoms with Crippen molar-refractivity contribution in [2.24, 2.45) is 0 Å². The number of benzene rings is 3. The molecular formula is C19H11NO2. The molecule has 5 aromatic rings. The normalized spacial score (nSPS) is 11.8. The smallest absolute Gasteiger partial charge is 0.269 e. The lowest BCUT2D eigenvalue weighted by atomic mass is 10.1. The molecule has 0 amide bonds. The van der Waals surface area contributed by atoms with Crippen molar-refractivity contribution in [3.63, 3.8) is 0 Å². The zero-order valence-corrected chi connectivity index (χ0v) is 11.6. The molecule has 0 fully saturated rings. The van der Waals surface area contributed by atoms with Crippen molar-refractivity contribution in [1.82, 2.24) is 4.40 Å². The average Bonchev–Trinajstić information content (AvgIpc) is 2.92. The number of hydrogen-bond donors (Lipinski definition) is 0. The van der Waals surface area contributed by atoms with Crippen molar-refractivity contribution in [1.29, 1.82) is 0 Å². The van der Waals surface area contributed by atoms with E-state index in [4.69, 9.17) is 4.42 Å². The van der Waals surface area contributed by atoms with Gasteiger partial charge in [-0.25, -0.2) is 4.40 Å².